The van der Waals surface area contributed by atoms with Gasteiger partial charge >= 0.3 is 0 Å². The quantitative estimate of drug-likeness (QED) is 0.910. The molecule has 0 aliphatic heterocycles. The first-order valence-corrected chi connectivity index (χ1v) is 6.79. The zero-order chi connectivity index (χ0) is 13.7. The van der Waals surface area contributed by atoms with Gasteiger partial charge in [0.1, 0.15) is 5.82 Å². The molecule has 2 aromatic rings. The van der Waals surface area contributed by atoms with Crippen LogP contribution in [0, 0.1) is 0 Å². The molecule has 0 saturated heterocycles. The van der Waals surface area contributed by atoms with E-state index in [1.54, 1.807) is 0 Å². The van der Waals surface area contributed by atoms with Crippen molar-refractivity contribution in [2.24, 2.45) is 0 Å². The molecule has 0 atom stereocenters. The number of hydrogen-bond donors (Lipinski definition) is 1. The van der Waals surface area contributed by atoms with E-state index in [0.29, 0.717) is 12.5 Å². The Bertz CT molecular complexity index is 523. The van der Waals surface area contributed by atoms with Crippen molar-refractivity contribution in [2.45, 2.75) is 32.9 Å². The van der Waals surface area contributed by atoms with Gasteiger partial charge in [-0.1, -0.05) is 43.6 Å². The van der Waals surface area contributed by atoms with Gasteiger partial charge in [-0.15, -0.1) is 0 Å². The van der Waals surface area contributed by atoms with Gasteiger partial charge in [-0.2, -0.15) is 0 Å². The molecule has 4 heteroatoms. The Morgan fingerprint density at radius 1 is 1.16 bits per heavy atom. The zero-order valence-electron chi connectivity index (χ0n) is 11.2. The third kappa shape index (κ3) is 4.30. The number of rotatable bonds is 5. The molecule has 0 fully saturated rings. The molecule has 1 aromatic carbocycles. The van der Waals surface area contributed by atoms with Crippen LogP contribution in [-0.2, 0) is 13.0 Å². The summed E-state index contributed by atoms with van der Waals surface area (Å²) in [7, 11) is 0. The van der Waals surface area contributed by atoms with E-state index in [0.717, 1.165) is 28.5 Å². The predicted molar refractivity (Wildman–Crippen MR) is 78.3 cm³/mol. The van der Waals surface area contributed by atoms with Crippen LogP contribution in [0.4, 0.5) is 0 Å². The van der Waals surface area contributed by atoms with Gasteiger partial charge in [0.25, 0.3) is 0 Å². The lowest BCUT2D eigenvalue weighted by molar-refractivity contribution is 0.586. The smallest absolute Gasteiger partial charge is 0.132 e. The first-order valence-electron chi connectivity index (χ1n) is 6.41. The number of halogens is 1. The second-order valence-corrected chi connectivity index (χ2v) is 5.22. The van der Waals surface area contributed by atoms with Gasteiger partial charge in [0, 0.05) is 42.0 Å². The fourth-order valence-electron chi connectivity index (χ4n) is 1.70. The monoisotopic (exact) mass is 275 g/mol. The maximum absolute atomic E-state index is 6.12. The predicted octanol–water partition coefficient (Wildman–Crippen LogP) is 3.22. The van der Waals surface area contributed by atoms with E-state index >= 15 is 0 Å². The Hall–Kier alpha value is -1.45. The van der Waals surface area contributed by atoms with Crippen LogP contribution in [0.15, 0.2) is 36.7 Å². The molecule has 0 aliphatic rings. The Balaban J connectivity index is 2.01. The lowest BCUT2D eigenvalue weighted by Gasteiger charge is -2.08. The van der Waals surface area contributed by atoms with Gasteiger partial charge in [0.15, 0.2) is 0 Å². The van der Waals surface area contributed by atoms with Crippen molar-refractivity contribution in [3.63, 3.8) is 0 Å². The van der Waals surface area contributed by atoms with Crippen molar-refractivity contribution in [3.8, 4) is 0 Å². The van der Waals surface area contributed by atoms with Crippen molar-refractivity contribution < 1.29 is 0 Å². The van der Waals surface area contributed by atoms with Crippen LogP contribution in [0.3, 0.4) is 0 Å². The highest BCUT2D eigenvalue weighted by Crippen LogP contribution is 2.17. The lowest BCUT2D eigenvalue weighted by atomic mass is 10.1. The normalized spacial score (nSPS) is 10.9. The van der Waals surface area contributed by atoms with Gasteiger partial charge < -0.3 is 5.32 Å². The van der Waals surface area contributed by atoms with Gasteiger partial charge in [-0.25, -0.2) is 9.97 Å². The van der Waals surface area contributed by atoms with Crippen LogP contribution in [0.5, 0.6) is 0 Å². The number of hydrogen-bond acceptors (Lipinski definition) is 3. The highest BCUT2D eigenvalue weighted by molar-refractivity contribution is 6.31. The molecule has 0 aliphatic carbocycles. The van der Waals surface area contributed by atoms with Crippen LogP contribution in [0.2, 0.25) is 5.02 Å². The highest BCUT2D eigenvalue weighted by atomic mass is 35.5. The molecule has 0 unspecified atom stereocenters. The summed E-state index contributed by atoms with van der Waals surface area (Å²) in [4.78, 5) is 8.77. The molecule has 0 saturated carbocycles. The van der Waals surface area contributed by atoms with Gasteiger partial charge in [-0.3, -0.25) is 0 Å². The molecule has 1 heterocycles. The SMILES string of the molecule is CC(C)NCc1cnc(Cc2ccccc2Cl)nc1. The molecule has 100 valence electrons. The van der Waals surface area contributed by atoms with Crippen LogP contribution < -0.4 is 5.32 Å². The summed E-state index contributed by atoms with van der Waals surface area (Å²) in [5.41, 5.74) is 2.15. The Kier molecular flexibility index (Phi) is 4.88. The summed E-state index contributed by atoms with van der Waals surface area (Å²) in [5, 5.41) is 4.10. The van der Waals surface area contributed by atoms with Crippen LogP contribution in [-0.4, -0.2) is 16.0 Å². The second-order valence-electron chi connectivity index (χ2n) is 4.81. The molecule has 0 bridgehead atoms. The molecule has 0 amide bonds. The fourth-order valence-corrected chi connectivity index (χ4v) is 1.90. The molecule has 2 rings (SSSR count). The summed E-state index contributed by atoms with van der Waals surface area (Å²) >= 11 is 6.12. The fraction of sp³-hybridized carbons (Fsp3) is 0.333. The molecule has 0 spiro atoms. The minimum absolute atomic E-state index is 0.461. The number of nitrogens with zero attached hydrogens (tertiary/aromatic N) is 2. The molecular formula is C15H18ClN3. The van der Waals surface area contributed by atoms with Gasteiger partial charge in [-0.05, 0) is 11.6 Å². The lowest BCUT2D eigenvalue weighted by Crippen LogP contribution is -2.22. The third-order valence-corrected chi connectivity index (χ3v) is 3.15. The highest BCUT2D eigenvalue weighted by Gasteiger charge is 2.03. The van der Waals surface area contributed by atoms with E-state index in [9.17, 15) is 0 Å². The average molecular weight is 276 g/mol. The minimum atomic E-state index is 0.461. The van der Waals surface area contributed by atoms with Crippen molar-refractivity contribution in [3.05, 3.63) is 58.6 Å². The molecular weight excluding hydrogens is 258 g/mol. The van der Waals surface area contributed by atoms with Gasteiger partial charge in [0.05, 0.1) is 0 Å². The van der Waals surface area contributed by atoms with Crippen molar-refractivity contribution in [1.29, 1.82) is 0 Å². The van der Waals surface area contributed by atoms with Crippen molar-refractivity contribution in [1.82, 2.24) is 15.3 Å². The maximum atomic E-state index is 6.12. The minimum Gasteiger partial charge on any atom is -0.310 e. The first kappa shape index (κ1) is 14.0. The number of aromatic nitrogens is 2. The molecule has 3 nitrogen and oxygen atoms in total. The number of benzene rings is 1. The third-order valence-electron chi connectivity index (χ3n) is 2.78. The first-order chi connectivity index (χ1) is 9.15. The van der Waals surface area contributed by atoms with Crippen molar-refractivity contribution in [2.75, 3.05) is 0 Å². The van der Waals surface area contributed by atoms with E-state index in [1.807, 2.05) is 36.7 Å². The maximum Gasteiger partial charge on any atom is 0.132 e. The Morgan fingerprint density at radius 3 is 2.47 bits per heavy atom. The number of nitrogens with one attached hydrogen (secondary N) is 1. The topological polar surface area (TPSA) is 37.8 Å². The Labute approximate surface area is 119 Å². The van der Waals surface area contributed by atoms with Crippen molar-refractivity contribution >= 4 is 11.6 Å². The van der Waals surface area contributed by atoms with Gasteiger partial charge in [0.2, 0.25) is 0 Å². The van der Waals surface area contributed by atoms with E-state index in [-0.39, 0.29) is 0 Å². The molecule has 1 aromatic heterocycles. The zero-order valence-corrected chi connectivity index (χ0v) is 12.0. The molecule has 1 N–H and O–H groups in total. The van der Waals surface area contributed by atoms with Crippen LogP contribution in [0.25, 0.3) is 0 Å². The van der Waals surface area contributed by atoms with E-state index < -0.39 is 0 Å². The summed E-state index contributed by atoms with van der Waals surface area (Å²) in [5.74, 6) is 0.793. The summed E-state index contributed by atoms with van der Waals surface area (Å²) in [6.07, 6.45) is 4.40. The molecule has 19 heavy (non-hydrogen) atoms. The van der Waals surface area contributed by atoms with E-state index in [4.69, 9.17) is 11.6 Å². The standard InChI is InChI=1S/C15H18ClN3/c1-11(2)17-8-12-9-18-15(19-10-12)7-13-5-3-4-6-14(13)16/h3-6,9-11,17H,7-8H2,1-2H3. The summed E-state index contributed by atoms with van der Waals surface area (Å²) < 4.78 is 0. The summed E-state index contributed by atoms with van der Waals surface area (Å²) in [6.45, 7) is 5.03. The van der Waals surface area contributed by atoms with E-state index in [1.165, 1.54) is 0 Å². The molecule has 0 radical (unpaired) electrons. The van der Waals surface area contributed by atoms with Crippen LogP contribution >= 0.6 is 11.6 Å². The summed E-state index contributed by atoms with van der Waals surface area (Å²) in [6, 6.07) is 8.25. The largest absolute Gasteiger partial charge is 0.310 e. The van der Waals surface area contributed by atoms with E-state index in [2.05, 4.69) is 29.1 Å². The average Bonchev–Trinajstić information content (AvgIpc) is 2.40. The van der Waals surface area contributed by atoms with Crippen LogP contribution in [0.1, 0.15) is 30.8 Å². The second kappa shape index (κ2) is 6.64. The Morgan fingerprint density at radius 2 is 1.84 bits per heavy atom.